The molecule has 0 aliphatic heterocycles. The van der Waals surface area contributed by atoms with Crippen molar-refractivity contribution in [2.24, 2.45) is 0 Å². The summed E-state index contributed by atoms with van der Waals surface area (Å²) in [5.74, 6) is 0.262. The highest BCUT2D eigenvalue weighted by atomic mass is 79.9. The lowest BCUT2D eigenvalue weighted by atomic mass is 10.2. The van der Waals surface area contributed by atoms with Gasteiger partial charge in [-0.25, -0.2) is 0 Å². The van der Waals surface area contributed by atoms with Gasteiger partial charge in [-0.15, -0.1) is 10.2 Å². The molecular weight excluding hydrogens is 406 g/mol. The average Bonchev–Trinajstić information content (AvgIpc) is 2.97. The topological polar surface area (TPSA) is 82.1 Å². The van der Waals surface area contributed by atoms with E-state index >= 15 is 0 Å². The van der Waals surface area contributed by atoms with Crippen LogP contribution in [-0.4, -0.2) is 15.1 Å². The average molecular weight is 413 g/mol. The number of benzene rings is 2. The molecule has 1 aromatic heterocycles. The zero-order chi connectivity index (χ0) is 16.4. The summed E-state index contributed by atoms with van der Waals surface area (Å²) in [6.45, 7) is 0. The second-order valence-electron chi connectivity index (χ2n) is 4.32. The third-order valence-corrected chi connectivity index (χ3v) is 4.55. The van der Waals surface area contributed by atoms with Crippen molar-refractivity contribution in [3.05, 3.63) is 62.1 Å². The first-order valence-electron chi connectivity index (χ1n) is 6.25. The standard InChI is InChI=1S/C14H7BrClN3O3S/c15-8-5-6-12(11(7-8)19(20)21)23-14-18-17-13(22-14)9-3-1-2-4-10(9)16/h1-7H. The highest BCUT2D eigenvalue weighted by Gasteiger charge is 2.19. The zero-order valence-electron chi connectivity index (χ0n) is 11.3. The molecule has 0 atom stereocenters. The molecule has 0 fully saturated rings. The monoisotopic (exact) mass is 411 g/mol. The molecule has 0 saturated carbocycles. The van der Waals surface area contributed by atoms with Gasteiger partial charge in [0.05, 0.1) is 20.4 Å². The second-order valence-corrected chi connectivity index (χ2v) is 6.64. The molecule has 116 valence electrons. The Bertz CT molecular complexity index is 887. The summed E-state index contributed by atoms with van der Waals surface area (Å²) in [4.78, 5) is 11.1. The Balaban J connectivity index is 1.91. The van der Waals surface area contributed by atoms with Gasteiger partial charge < -0.3 is 4.42 Å². The molecule has 0 saturated heterocycles. The molecule has 0 aliphatic rings. The fourth-order valence-electron chi connectivity index (χ4n) is 1.81. The van der Waals surface area contributed by atoms with Crippen LogP contribution in [0, 0.1) is 10.1 Å². The molecule has 0 radical (unpaired) electrons. The van der Waals surface area contributed by atoms with Crippen LogP contribution in [0.4, 0.5) is 5.69 Å². The molecule has 0 spiro atoms. The number of aromatic nitrogens is 2. The van der Waals surface area contributed by atoms with Gasteiger partial charge >= 0.3 is 0 Å². The van der Waals surface area contributed by atoms with Crippen molar-refractivity contribution in [2.75, 3.05) is 0 Å². The predicted octanol–water partition coefficient (Wildman–Crippen LogP) is 5.21. The van der Waals surface area contributed by atoms with E-state index in [0.717, 1.165) is 11.8 Å². The number of hydrogen-bond donors (Lipinski definition) is 0. The van der Waals surface area contributed by atoms with Gasteiger partial charge in [-0.1, -0.05) is 39.7 Å². The van der Waals surface area contributed by atoms with Crippen molar-refractivity contribution in [3.8, 4) is 11.5 Å². The van der Waals surface area contributed by atoms with Crippen LogP contribution in [0.3, 0.4) is 0 Å². The van der Waals surface area contributed by atoms with Gasteiger partial charge in [0.2, 0.25) is 5.89 Å². The molecule has 23 heavy (non-hydrogen) atoms. The van der Waals surface area contributed by atoms with E-state index in [4.69, 9.17) is 16.0 Å². The minimum atomic E-state index is -0.460. The van der Waals surface area contributed by atoms with Gasteiger partial charge in [0.1, 0.15) is 0 Å². The third-order valence-electron chi connectivity index (χ3n) is 2.83. The van der Waals surface area contributed by atoms with E-state index in [9.17, 15) is 10.1 Å². The van der Waals surface area contributed by atoms with Crippen molar-refractivity contribution in [2.45, 2.75) is 10.1 Å². The lowest BCUT2D eigenvalue weighted by molar-refractivity contribution is -0.387. The van der Waals surface area contributed by atoms with Crippen molar-refractivity contribution in [3.63, 3.8) is 0 Å². The number of nitro benzene ring substituents is 1. The summed E-state index contributed by atoms with van der Waals surface area (Å²) in [5.41, 5.74) is 0.570. The molecule has 2 aromatic carbocycles. The Morgan fingerprint density at radius 3 is 2.74 bits per heavy atom. The fraction of sp³-hybridized carbons (Fsp3) is 0. The lowest BCUT2D eigenvalue weighted by Gasteiger charge is -2.00. The molecule has 0 unspecified atom stereocenters. The van der Waals surface area contributed by atoms with Crippen LogP contribution >= 0.6 is 39.3 Å². The van der Waals surface area contributed by atoms with Gasteiger partial charge in [-0.05, 0) is 36.0 Å². The van der Waals surface area contributed by atoms with Crippen molar-refractivity contribution in [1.29, 1.82) is 0 Å². The first kappa shape index (κ1) is 16.0. The van der Waals surface area contributed by atoms with E-state index < -0.39 is 4.92 Å². The summed E-state index contributed by atoms with van der Waals surface area (Å²) in [6, 6.07) is 11.8. The second kappa shape index (κ2) is 6.69. The third kappa shape index (κ3) is 3.54. The Morgan fingerprint density at radius 1 is 1.22 bits per heavy atom. The molecule has 0 aliphatic carbocycles. The Morgan fingerprint density at radius 2 is 2.00 bits per heavy atom. The first-order chi connectivity index (χ1) is 11.0. The van der Waals surface area contributed by atoms with Crippen LogP contribution in [0.5, 0.6) is 0 Å². The van der Waals surface area contributed by atoms with Crippen molar-refractivity contribution >= 4 is 45.0 Å². The minimum absolute atomic E-state index is 0.0399. The van der Waals surface area contributed by atoms with Crippen LogP contribution < -0.4 is 0 Å². The summed E-state index contributed by atoms with van der Waals surface area (Å²) >= 11 is 10.3. The number of halogens is 2. The van der Waals surface area contributed by atoms with Crippen LogP contribution in [0.25, 0.3) is 11.5 Å². The molecule has 0 N–H and O–H groups in total. The molecular formula is C14H7BrClN3O3S. The summed E-state index contributed by atoms with van der Waals surface area (Å²) in [7, 11) is 0. The number of hydrogen-bond acceptors (Lipinski definition) is 6. The number of rotatable bonds is 4. The molecule has 0 amide bonds. The quantitative estimate of drug-likeness (QED) is 0.432. The maximum atomic E-state index is 11.1. The van der Waals surface area contributed by atoms with E-state index in [1.165, 1.54) is 6.07 Å². The van der Waals surface area contributed by atoms with Crippen molar-refractivity contribution < 1.29 is 9.34 Å². The predicted molar refractivity (Wildman–Crippen MR) is 89.7 cm³/mol. The van der Waals surface area contributed by atoms with Gasteiger partial charge in [-0.3, -0.25) is 10.1 Å². The van der Waals surface area contributed by atoms with E-state index in [2.05, 4.69) is 26.1 Å². The minimum Gasteiger partial charge on any atom is -0.411 e. The Kier molecular flexibility index (Phi) is 4.65. The SMILES string of the molecule is O=[N+]([O-])c1cc(Br)ccc1Sc1nnc(-c2ccccc2Cl)o1. The van der Waals surface area contributed by atoms with E-state index in [1.807, 2.05) is 0 Å². The number of nitro groups is 1. The lowest BCUT2D eigenvalue weighted by Crippen LogP contribution is -1.90. The molecule has 0 bridgehead atoms. The van der Waals surface area contributed by atoms with Crippen LogP contribution in [-0.2, 0) is 0 Å². The van der Waals surface area contributed by atoms with E-state index in [0.29, 0.717) is 20.0 Å². The van der Waals surface area contributed by atoms with Gasteiger partial charge in [0.15, 0.2) is 0 Å². The Hall–Kier alpha value is -1.90. The maximum Gasteiger partial charge on any atom is 0.284 e. The van der Waals surface area contributed by atoms with Crippen molar-refractivity contribution in [1.82, 2.24) is 10.2 Å². The maximum absolute atomic E-state index is 11.1. The Labute approximate surface area is 148 Å². The normalized spacial score (nSPS) is 10.7. The molecule has 3 aromatic rings. The highest BCUT2D eigenvalue weighted by molar-refractivity contribution is 9.10. The summed E-state index contributed by atoms with van der Waals surface area (Å²) in [5, 5.41) is 19.7. The molecule has 9 heteroatoms. The fourth-order valence-corrected chi connectivity index (χ4v) is 3.14. The smallest absolute Gasteiger partial charge is 0.284 e. The van der Waals surface area contributed by atoms with Crippen LogP contribution in [0.2, 0.25) is 5.02 Å². The van der Waals surface area contributed by atoms with Crippen LogP contribution in [0.1, 0.15) is 0 Å². The zero-order valence-corrected chi connectivity index (χ0v) is 14.4. The summed E-state index contributed by atoms with van der Waals surface area (Å²) < 4.78 is 6.16. The van der Waals surface area contributed by atoms with Gasteiger partial charge in [0, 0.05) is 10.5 Å². The summed E-state index contributed by atoms with van der Waals surface area (Å²) in [6.07, 6.45) is 0. The molecule has 1 heterocycles. The van der Waals surface area contributed by atoms with E-state index in [-0.39, 0.29) is 16.8 Å². The molecule has 6 nitrogen and oxygen atoms in total. The highest BCUT2D eigenvalue weighted by Crippen LogP contribution is 2.37. The van der Waals surface area contributed by atoms with E-state index in [1.54, 1.807) is 36.4 Å². The van der Waals surface area contributed by atoms with Gasteiger partial charge in [0.25, 0.3) is 10.9 Å². The number of nitrogens with zero attached hydrogens (tertiary/aromatic N) is 3. The first-order valence-corrected chi connectivity index (χ1v) is 8.23. The molecule has 3 rings (SSSR count). The largest absolute Gasteiger partial charge is 0.411 e. The van der Waals surface area contributed by atoms with Gasteiger partial charge in [-0.2, -0.15) is 0 Å². The van der Waals surface area contributed by atoms with Crippen LogP contribution in [0.15, 0.2) is 61.5 Å².